The maximum Gasteiger partial charge on any atom is 0.340 e. The molecule has 1 aromatic carbocycles. The lowest BCUT2D eigenvalue weighted by Gasteiger charge is -2.36. The Balaban J connectivity index is 2.06. The van der Waals surface area contributed by atoms with Gasteiger partial charge in [0.05, 0.1) is 31.5 Å². The van der Waals surface area contributed by atoms with Crippen molar-refractivity contribution in [1.82, 2.24) is 4.90 Å². The van der Waals surface area contributed by atoms with Gasteiger partial charge in [-0.3, -0.25) is 4.90 Å². The number of rotatable bonds is 4. The first kappa shape index (κ1) is 15.9. The zero-order valence-corrected chi connectivity index (χ0v) is 12.2. The van der Waals surface area contributed by atoms with Gasteiger partial charge >= 0.3 is 5.97 Å². The van der Waals surface area contributed by atoms with Crippen molar-refractivity contribution in [2.75, 3.05) is 26.8 Å². The Bertz CT molecular complexity index is 508. The molecule has 116 valence electrons. The minimum Gasteiger partial charge on any atom is -0.465 e. The fourth-order valence-electron chi connectivity index (χ4n) is 2.56. The van der Waals surface area contributed by atoms with Crippen molar-refractivity contribution in [3.05, 3.63) is 35.1 Å². The van der Waals surface area contributed by atoms with E-state index in [4.69, 9.17) is 4.74 Å². The van der Waals surface area contributed by atoms with Gasteiger partial charge in [0.25, 0.3) is 0 Å². The highest BCUT2D eigenvalue weighted by Crippen LogP contribution is 2.17. The van der Waals surface area contributed by atoms with Crippen molar-refractivity contribution in [1.29, 1.82) is 0 Å². The molecule has 6 heteroatoms. The van der Waals surface area contributed by atoms with Crippen molar-refractivity contribution in [2.24, 2.45) is 0 Å². The summed E-state index contributed by atoms with van der Waals surface area (Å²) in [5, 5.41) is 9.20. The maximum atomic E-state index is 13.9. The molecule has 0 saturated carbocycles. The summed E-state index contributed by atoms with van der Waals surface area (Å²) in [4.78, 5) is 13.4. The molecule has 1 heterocycles. The highest BCUT2D eigenvalue weighted by atomic mass is 19.1. The first-order chi connectivity index (χ1) is 10.0. The molecule has 0 aliphatic carbocycles. The first-order valence-electron chi connectivity index (χ1n) is 6.89. The Hall–Kier alpha value is -1.50. The van der Waals surface area contributed by atoms with E-state index in [1.165, 1.54) is 19.2 Å². The number of halogens is 1. The van der Waals surface area contributed by atoms with E-state index in [0.717, 1.165) is 12.1 Å². The quantitative estimate of drug-likeness (QED) is 0.846. The number of carbonyl (C=O) groups is 1. The van der Waals surface area contributed by atoms with E-state index < -0.39 is 11.8 Å². The SMILES string of the molecule is COC(=O)c1ccc(CN2CC(C)OC(CO)C2)cc1F. The van der Waals surface area contributed by atoms with Gasteiger partial charge in [-0.05, 0) is 24.6 Å². The summed E-state index contributed by atoms with van der Waals surface area (Å²) in [5.74, 6) is -1.27. The van der Waals surface area contributed by atoms with Crippen molar-refractivity contribution in [2.45, 2.75) is 25.7 Å². The normalized spacial score (nSPS) is 23.0. The van der Waals surface area contributed by atoms with Crippen LogP contribution in [-0.4, -0.2) is 55.0 Å². The second-order valence-corrected chi connectivity index (χ2v) is 5.25. The van der Waals surface area contributed by atoms with E-state index in [1.54, 1.807) is 6.07 Å². The number of hydrogen-bond donors (Lipinski definition) is 1. The lowest BCUT2D eigenvalue weighted by molar-refractivity contribution is -0.0972. The van der Waals surface area contributed by atoms with E-state index in [0.29, 0.717) is 13.1 Å². The van der Waals surface area contributed by atoms with Crippen LogP contribution in [0.3, 0.4) is 0 Å². The van der Waals surface area contributed by atoms with Crippen LogP contribution in [0.5, 0.6) is 0 Å². The van der Waals surface area contributed by atoms with Crippen LogP contribution in [0, 0.1) is 5.82 Å². The topological polar surface area (TPSA) is 59.0 Å². The summed E-state index contributed by atoms with van der Waals surface area (Å²) < 4.78 is 24.0. The Morgan fingerprint density at radius 1 is 1.52 bits per heavy atom. The minimum atomic E-state index is -0.681. The Morgan fingerprint density at radius 2 is 2.29 bits per heavy atom. The molecule has 0 radical (unpaired) electrons. The van der Waals surface area contributed by atoms with Crippen molar-refractivity contribution in [3.8, 4) is 0 Å². The largest absolute Gasteiger partial charge is 0.465 e. The fourth-order valence-corrected chi connectivity index (χ4v) is 2.56. The molecule has 2 unspecified atom stereocenters. The third kappa shape index (κ3) is 4.00. The van der Waals surface area contributed by atoms with Gasteiger partial charge in [0, 0.05) is 19.6 Å². The molecule has 0 aromatic heterocycles. The van der Waals surface area contributed by atoms with Crippen LogP contribution in [-0.2, 0) is 16.0 Å². The molecule has 1 fully saturated rings. The summed E-state index contributed by atoms with van der Waals surface area (Å²) in [5.41, 5.74) is 0.704. The number of morpholine rings is 1. The fraction of sp³-hybridized carbons (Fsp3) is 0.533. The average molecular weight is 297 g/mol. The van der Waals surface area contributed by atoms with Crippen molar-refractivity contribution >= 4 is 5.97 Å². The van der Waals surface area contributed by atoms with Gasteiger partial charge < -0.3 is 14.6 Å². The molecule has 0 bridgehead atoms. The Labute approximate surface area is 123 Å². The number of aliphatic hydroxyl groups is 1. The predicted molar refractivity (Wildman–Crippen MR) is 74.4 cm³/mol. The number of aliphatic hydroxyl groups excluding tert-OH is 1. The summed E-state index contributed by atoms with van der Waals surface area (Å²) in [6.07, 6.45) is -0.192. The van der Waals surface area contributed by atoms with Gasteiger partial charge in [-0.15, -0.1) is 0 Å². The summed E-state index contributed by atoms with van der Waals surface area (Å²) >= 11 is 0. The van der Waals surface area contributed by atoms with Crippen molar-refractivity contribution < 1.29 is 23.8 Å². The van der Waals surface area contributed by atoms with Gasteiger partial charge in [-0.1, -0.05) is 6.07 Å². The number of hydrogen-bond acceptors (Lipinski definition) is 5. The van der Waals surface area contributed by atoms with Crippen LogP contribution in [0.15, 0.2) is 18.2 Å². The van der Waals surface area contributed by atoms with Gasteiger partial charge in [-0.2, -0.15) is 0 Å². The first-order valence-corrected chi connectivity index (χ1v) is 6.89. The van der Waals surface area contributed by atoms with Crippen molar-refractivity contribution in [3.63, 3.8) is 0 Å². The molecule has 2 rings (SSSR count). The smallest absolute Gasteiger partial charge is 0.340 e. The van der Waals surface area contributed by atoms with Crippen LogP contribution >= 0.6 is 0 Å². The summed E-state index contributed by atoms with van der Waals surface area (Å²) in [7, 11) is 1.22. The molecule has 1 aliphatic rings. The van der Waals surface area contributed by atoms with Crippen LogP contribution in [0.4, 0.5) is 4.39 Å². The van der Waals surface area contributed by atoms with E-state index in [9.17, 15) is 14.3 Å². The van der Waals surface area contributed by atoms with E-state index in [-0.39, 0.29) is 24.4 Å². The minimum absolute atomic E-state index is 0.0232. The molecule has 1 aromatic rings. The zero-order chi connectivity index (χ0) is 15.4. The molecule has 1 N–H and O–H groups in total. The van der Waals surface area contributed by atoms with E-state index in [1.807, 2.05) is 6.92 Å². The second kappa shape index (κ2) is 6.98. The van der Waals surface area contributed by atoms with Crippen LogP contribution < -0.4 is 0 Å². The molecular weight excluding hydrogens is 277 g/mol. The number of ether oxygens (including phenoxy) is 2. The maximum absolute atomic E-state index is 13.9. The number of methoxy groups -OCH3 is 1. The molecule has 21 heavy (non-hydrogen) atoms. The van der Waals surface area contributed by atoms with Crippen LogP contribution in [0.25, 0.3) is 0 Å². The number of esters is 1. The zero-order valence-electron chi connectivity index (χ0n) is 12.2. The predicted octanol–water partition coefficient (Wildman–Crippen LogP) is 1.19. The van der Waals surface area contributed by atoms with Gasteiger partial charge in [0.15, 0.2) is 0 Å². The molecule has 0 amide bonds. The van der Waals surface area contributed by atoms with E-state index in [2.05, 4.69) is 9.64 Å². The molecule has 1 aliphatic heterocycles. The average Bonchev–Trinajstić information content (AvgIpc) is 2.46. The Morgan fingerprint density at radius 3 is 2.90 bits per heavy atom. The standard InChI is InChI=1S/C15H20FNO4/c1-10-6-17(8-12(9-18)21-10)7-11-3-4-13(14(16)5-11)15(19)20-2/h3-5,10,12,18H,6-9H2,1-2H3. The number of benzene rings is 1. The third-order valence-corrected chi connectivity index (χ3v) is 3.45. The monoisotopic (exact) mass is 297 g/mol. The third-order valence-electron chi connectivity index (χ3n) is 3.45. The number of nitrogens with zero attached hydrogens (tertiary/aromatic N) is 1. The Kier molecular flexibility index (Phi) is 5.27. The summed E-state index contributed by atoms with van der Waals surface area (Å²) in [6.45, 7) is 3.77. The highest BCUT2D eigenvalue weighted by Gasteiger charge is 2.25. The van der Waals surface area contributed by atoms with E-state index >= 15 is 0 Å². The van der Waals surface area contributed by atoms with Crippen LogP contribution in [0.2, 0.25) is 0 Å². The molecule has 1 saturated heterocycles. The molecule has 5 nitrogen and oxygen atoms in total. The summed E-state index contributed by atoms with van der Waals surface area (Å²) in [6, 6.07) is 4.49. The van der Waals surface area contributed by atoms with Gasteiger partial charge in [0.1, 0.15) is 5.82 Å². The highest BCUT2D eigenvalue weighted by molar-refractivity contribution is 5.89. The number of carbonyl (C=O) groups excluding carboxylic acids is 1. The molecule has 0 spiro atoms. The van der Waals surface area contributed by atoms with Gasteiger partial charge in [-0.25, -0.2) is 9.18 Å². The van der Waals surface area contributed by atoms with Gasteiger partial charge in [0.2, 0.25) is 0 Å². The molecular formula is C15H20FNO4. The lowest BCUT2D eigenvalue weighted by atomic mass is 10.1. The molecule has 2 atom stereocenters. The second-order valence-electron chi connectivity index (χ2n) is 5.25. The lowest BCUT2D eigenvalue weighted by Crippen LogP contribution is -2.47. The van der Waals surface area contributed by atoms with Crippen LogP contribution in [0.1, 0.15) is 22.8 Å².